The van der Waals surface area contributed by atoms with E-state index < -0.39 is 10.0 Å². The molecule has 0 saturated carbocycles. The highest BCUT2D eigenvalue weighted by molar-refractivity contribution is 7.89. The van der Waals surface area contributed by atoms with E-state index >= 15 is 0 Å². The lowest BCUT2D eigenvalue weighted by Gasteiger charge is -2.18. The van der Waals surface area contributed by atoms with Gasteiger partial charge in [-0.25, -0.2) is 8.42 Å². The molecule has 0 unspecified atom stereocenters. The highest BCUT2D eigenvalue weighted by atomic mass is 35.5. The molecule has 0 aromatic carbocycles. The van der Waals surface area contributed by atoms with Crippen LogP contribution in [0, 0.1) is 0 Å². The Morgan fingerprint density at radius 1 is 1.24 bits per heavy atom. The quantitative estimate of drug-likeness (QED) is 0.803. The second-order valence-corrected chi connectivity index (χ2v) is 7.40. The predicted molar refractivity (Wildman–Crippen MR) is 71.1 cm³/mol. The lowest BCUT2D eigenvalue weighted by molar-refractivity contribution is 0.424. The molecule has 1 aliphatic heterocycles. The first-order valence-electron chi connectivity index (χ1n) is 5.78. The van der Waals surface area contributed by atoms with E-state index in [1.807, 2.05) is 0 Å². The third kappa shape index (κ3) is 3.02. The van der Waals surface area contributed by atoms with Crippen LogP contribution in [0.3, 0.4) is 0 Å². The zero-order chi connectivity index (χ0) is 12.3. The highest BCUT2D eigenvalue weighted by Gasteiger charge is 2.25. The zero-order valence-corrected chi connectivity index (χ0v) is 12.0. The first kappa shape index (κ1) is 13.3. The summed E-state index contributed by atoms with van der Waals surface area (Å²) < 4.78 is 26.3. The average molecular weight is 294 g/mol. The van der Waals surface area contributed by atoms with Crippen LogP contribution < -0.4 is 0 Å². The Morgan fingerprint density at radius 3 is 2.41 bits per heavy atom. The summed E-state index contributed by atoms with van der Waals surface area (Å²) in [5, 5.41) is 1.69. The van der Waals surface area contributed by atoms with Gasteiger partial charge >= 0.3 is 0 Å². The Labute approximate surface area is 111 Å². The van der Waals surface area contributed by atoms with Crippen molar-refractivity contribution in [3.8, 4) is 0 Å². The minimum absolute atomic E-state index is 0.375. The predicted octanol–water partition coefficient (Wildman–Crippen LogP) is 3.05. The Kier molecular flexibility index (Phi) is 4.47. The van der Waals surface area contributed by atoms with Crippen LogP contribution in [0.25, 0.3) is 0 Å². The summed E-state index contributed by atoms with van der Waals surface area (Å²) in [6, 6.07) is 1.69. The van der Waals surface area contributed by atoms with Crippen molar-refractivity contribution in [3.63, 3.8) is 0 Å². The lowest BCUT2D eigenvalue weighted by Crippen LogP contribution is -2.31. The van der Waals surface area contributed by atoms with E-state index in [9.17, 15) is 8.42 Å². The van der Waals surface area contributed by atoms with Crippen molar-refractivity contribution >= 4 is 33.0 Å². The van der Waals surface area contributed by atoms with Crippen LogP contribution in [0.1, 0.15) is 30.6 Å². The number of sulfonamides is 1. The summed E-state index contributed by atoms with van der Waals surface area (Å²) >= 11 is 7.11. The molecule has 0 bridgehead atoms. The monoisotopic (exact) mass is 293 g/mol. The molecule has 1 aromatic rings. The molecule has 0 aliphatic carbocycles. The molecule has 0 radical (unpaired) electrons. The fraction of sp³-hybridized carbons (Fsp3) is 0.636. The maximum absolute atomic E-state index is 12.4. The van der Waals surface area contributed by atoms with Crippen molar-refractivity contribution in [2.24, 2.45) is 0 Å². The fourth-order valence-corrected chi connectivity index (χ4v) is 4.89. The van der Waals surface area contributed by atoms with Gasteiger partial charge in [-0.2, -0.15) is 4.31 Å². The van der Waals surface area contributed by atoms with E-state index in [-0.39, 0.29) is 0 Å². The molecule has 2 heterocycles. The Hall–Kier alpha value is -0.100. The molecule has 1 saturated heterocycles. The molecular formula is C11H16ClNO2S2. The van der Waals surface area contributed by atoms with Gasteiger partial charge in [0.05, 0.1) is 10.8 Å². The van der Waals surface area contributed by atoms with E-state index in [0.717, 1.165) is 30.6 Å². The number of hydrogen-bond acceptors (Lipinski definition) is 3. The first-order chi connectivity index (χ1) is 8.14. The second-order valence-electron chi connectivity index (χ2n) is 4.20. The van der Waals surface area contributed by atoms with Crippen molar-refractivity contribution in [3.05, 3.63) is 16.3 Å². The van der Waals surface area contributed by atoms with Crippen LogP contribution in [0.5, 0.6) is 0 Å². The topological polar surface area (TPSA) is 37.4 Å². The number of alkyl halides is 1. The Bertz CT molecular complexity index is 462. The molecule has 0 N–H and O–H groups in total. The second kappa shape index (κ2) is 5.69. The summed E-state index contributed by atoms with van der Waals surface area (Å²) in [7, 11) is -3.29. The minimum atomic E-state index is -3.29. The third-order valence-corrected chi connectivity index (χ3v) is 6.37. The van der Waals surface area contributed by atoms with Gasteiger partial charge in [-0.15, -0.1) is 22.9 Å². The van der Waals surface area contributed by atoms with Gasteiger partial charge in [0.1, 0.15) is 0 Å². The van der Waals surface area contributed by atoms with E-state index in [2.05, 4.69) is 0 Å². The van der Waals surface area contributed by atoms with E-state index in [4.69, 9.17) is 11.6 Å². The maximum atomic E-state index is 12.4. The molecule has 0 amide bonds. The molecule has 1 aliphatic rings. The highest BCUT2D eigenvalue weighted by Crippen LogP contribution is 2.25. The van der Waals surface area contributed by atoms with Crippen molar-refractivity contribution < 1.29 is 8.42 Å². The van der Waals surface area contributed by atoms with Gasteiger partial charge < -0.3 is 0 Å². The van der Waals surface area contributed by atoms with Gasteiger partial charge in [-0.05, 0) is 18.9 Å². The first-order valence-corrected chi connectivity index (χ1v) is 8.63. The summed E-state index contributed by atoms with van der Waals surface area (Å²) in [5.74, 6) is 0.375. The van der Waals surface area contributed by atoms with Gasteiger partial charge in [-0.3, -0.25) is 0 Å². The molecule has 2 rings (SSSR count). The van der Waals surface area contributed by atoms with Crippen LogP contribution in [0.2, 0.25) is 0 Å². The van der Waals surface area contributed by atoms with Crippen molar-refractivity contribution in [2.75, 3.05) is 13.1 Å². The van der Waals surface area contributed by atoms with E-state index in [1.54, 1.807) is 15.8 Å². The third-order valence-electron chi connectivity index (χ3n) is 2.96. The van der Waals surface area contributed by atoms with E-state index in [0.29, 0.717) is 23.9 Å². The van der Waals surface area contributed by atoms with Crippen molar-refractivity contribution in [1.82, 2.24) is 4.31 Å². The van der Waals surface area contributed by atoms with Crippen LogP contribution in [-0.4, -0.2) is 25.8 Å². The number of halogens is 1. The number of hydrogen-bond donors (Lipinski definition) is 0. The zero-order valence-electron chi connectivity index (χ0n) is 9.56. The standard InChI is InChI=1S/C11H16ClNO2S2/c12-8-10-7-11(9-16-10)17(14,15)13-5-3-1-2-4-6-13/h7,9H,1-6,8H2. The smallest absolute Gasteiger partial charge is 0.207 e. The summed E-state index contributed by atoms with van der Waals surface area (Å²) in [6.07, 6.45) is 4.18. The average Bonchev–Trinajstić information content (AvgIpc) is 2.64. The molecule has 17 heavy (non-hydrogen) atoms. The minimum Gasteiger partial charge on any atom is -0.207 e. The molecule has 0 atom stereocenters. The van der Waals surface area contributed by atoms with Crippen LogP contribution in [-0.2, 0) is 15.9 Å². The Morgan fingerprint density at radius 2 is 1.88 bits per heavy atom. The molecule has 0 spiro atoms. The number of thiophene rings is 1. The number of nitrogens with zero attached hydrogens (tertiary/aromatic N) is 1. The normalized spacial score (nSPS) is 19.1. The largest absolute Gasteiger partial charge is 0.243 e. The molecular weight excluding hydrogens is 278 g/mol. The lowest BCUT2D eigenvalue weighted by atomic mass is 10.2. The van der Waals surface area contributed by atoms with Gasteiger partial charge in [-0.1, -0.05) is 12.8 Å². The van der Waals surface area contributed by atoms with E-state index in [1.165, 1.54) is 11.3 Å². The van der Waals surface area contributed by atoms with Gasteiger partial charge in [0, 0.05) is 23.3 Å². The summed E-state index contributed by atoms with van der Waals surface area (Å²) in [4.78, 5) is 1.31. The van der Waals surface area contributed by atoms with Crippen molar-refractivity contribution in [1.29, 1.82) is 0 Å². The molecule has 1 aromatic heterocycles. The fourth-order valence-electron chi connectivity index (χ4n) is 2.00. The Balaban J connectivity index is 2.22. The molecule has 96 valence electrons. The molecule has 3 nitrogen and oxygen atoms in total. The SMILES string of the molecule is O=S(=O)(c1csc(CCl)c1)N1CCCCCC1. The van der Waals surface area contributed by atoms with Crippen LogP contribution in [0.4, 0.5) is 0 Å². The summed E-state index contributed by atoms with van der Waals surface area (Å²) in [6.45, 7) is 1.29. The van der Waals surface area contributed by atoms with Gasteiger partial charge in [0.15, 0.2) is 0 Å². The van der Waals surface area contributed by atoms with Gasteiger partial charge in [0.2, 0.25) is 10.0 Å². The van der Waals surface area contributed by atoms with Gasteiger partial charge in [0.25, 0.3) is 0 Å². The molecule has 1 fully saturated rings. The summed E-state index contributed by atoms with van der Waals surface area (Å²) in [5.41, 5.74) is 0. The van der Waals surface area contributed by atoms with Crippen LogP contribution in [0.15, 0.2) is 16.3 Å². The maximum Gasteiger partial charge on any atom is 0.243 e. The number of rotatable bonds is 3. The molecule has 6 heteroatoms. The van der Waals surface area contributed by atoms with Crippen LogP contribution >= 0.6 is 22.9 Å². The van der Waals surface area contributed by atoms with Crippen molar-refractivity contribution in [2.45, 2.75) is 36.5 Å².